The van der Waals surface area contributed by atoms with Crippen LogP contribution in [0.2, 0.25) is 0 Å². The maximum Gasteiger partial charge on any atom is -0.00141 e. The molecule has 0 nitrogen and oxygen atoms in total. The van der Waals surface area contributed by atoms with E-state index in [0.29, 0.717) is 0 Å². The molecule has 0 aliphatic heterocycles. The summed E-state index contributed by atoms with van der Waals surface area (Å²) in [7, 11) is 0. The fourth-order valence-electron chi connectivity index (χ4n) is 7.84. The average molecular weight is 555 g/mol. The molecule has 0 saturated heterocycles. The van der Waals surface area contributed by atoms with Crippen molar-refractivity contribution in [3.05, 3.63) is 158 Å². The van der Waals surface area contributed by atoms with Crippen LogP contribution in [0.5, 0.6) is 0 Å². The van der Waals surface area contributed by atoms with Gasteiger partial charge in [-0.1, -0.05) is 152 Å². The lowest BCUT2D eigenvalue weighted by molar-refractivity contribution is 1.70. The molecule has 202 valence electrons. The zero-order valence-electron chi connectivity index (χ0n) is 24.0. The highest BCUT2D eigenvalue weighted by Gasteiger charge is 2.21. The number of benzene rings is 10. The Morgan fingerprint density at radius 3 is 1.61 bits per heavy atom. The van der Waals surface area contributed by atoms with Crippen LogP contribution in [0.25, 0.3) is 97.7 Å². The Kier molecular flexibility index (Phi) is 4.81. The summed E-state index contributed by atoms with van der Waals surface area (Å²) in [5, 5.41) is 18.2. The van der Waals surface area contributed by atoms with Crippen molar-refractivity contribution >= 4 is 75.4 Å². The Morgan fingerprint density at radius 2 is 0.795 bits per heavy atom. The lowest BCUT2D eigenvalue weighted by Gasteiger charge is -2.21. The van der Waals surface area contributed by atoms with Gasteiger partial charge in [0.2, 0.25) is 0 Å². The van der Waals surface area contributed by atoms with Gasteiger partial charge in [0, 0.05) is 0 Å². The molecular weight excluding hydrogens is 528 g/mol. The first-order valence-electron chi connectivity index (χ1n) is 15.4. The first kappa shape index (κ1) is 23.8. The Hall–Kier alpha value is -5.72. The van der Waals surface area contributed by atoms with Gasteiger partial charge in [0.05, 0.1) is 0 Å². The third-order valence-electron chi connectivity index (χ3n) is 9.75. The summed E-state index contributed by atoms with van der Waals surface area (Å²) in [5.74, 6) is 0. The lowest BCUT2D eigenvalue weighted by atomic mass is 9.82. The van der Waals surface area contributed by atoms with Gasteiger partial charge in [-0.3, -0.25) is 0 Å². The highest BCUT2D eigenvalue weighted by atomic mass is 14.2. The quantitative estimate of drug-likeness (QED) is 0.147. The largest absolute Gasteiger partial charge is 0.0616 e. The van der Waals surface area contributed by atoms with Gasteiger partial charge in [-0.05, 0) is 104 Å². The SMILES string of the molecule is c1ccc2cc(-c3c4ccccc4c(-c4ccc5ccc6cccc7ccc4c5c67)c4ccc5ccccc5c34)ccc2c1. The van der Waals surface area contributed by atoms with Crippen molar-refractivity contribution in [3.63, 3.8) is 0 Å². The molecule has 0 fully saturated rings. The van der Waals surface area contributed by atoms with Crippen molar-refractivity contribution in [1.82, 2.24) is 0 Å². The van der Waals surface area contributed by atoms with Crippen LogP contribution in [0.1, 0.15) is 0 Å². The number of hydrogen-bond donors (Lipinski definition) is 0. The minimum atomic E-state index is 1.25. The predicted molar refractivity (Wildman–Crippen MR) is 191 cm³/mol. The Morgan fingerprint density at radius 1 is 0.250 bits per heavy atom. The minimum Gasteiger partial charge on any atom is -0.0616 e. The van der Waals surface area contributed by atoms with E-state index in [4.69, 9.17) is 0 Å². The van der Waals surface area contributed by atoms with Crippen molar-refractivity contribution in [2.45, 2.75) is 0 Å². The molecule has 0 heteroatoms. The van der Waals surface area contributed by atoms with E-state index in [2.05, 4.69) is 158 Å². The van der Waals surface area contributed by atoms with Gasteiger partial charge in [0.1, 0.15) is 0 Å². The molecule has 0 radical (unpaired) electrons. The zero-order valence-corrected chi connectivity index (χ0v) is 24.0. The summed E-state index contributed by atoms with van der Waals surface area (Å²) >= 11 is 0. The summed E-state index contributed by atoms with van der Waals surface area (Å²) in [6, 6.07) is 58.7. The number of fused-ring (bicyclic) bond motifs is 5. The molecular formula is C44H26. The van der Waals surface area contributed by atoms with Crippen LogP contribution >= 0.6 is 0 Å². The third kappa shape index (κ3) is 3.23. The molecule has 0 saturated carbocycles. The highest BCUT2D eigenvalue weighted by Crippen LogP contribution is 2.49. The summed E-state index contributed by atoms with van der Waals surface area (Å²) in [4.78, 5) is 0. The average Bonchev–Trinajstić information content (AvgIpc) is 3.09. The second-order valence-corrected chi connectivity index (χ2v) is 12.0. The van der Waals surface area contributed by atoms with Gasteiger partial charge in [-0.25, -0.2) is 0 Å². The fourth-order valence-corrected chi connectivity index (χ4v) is 7.84. The molecule has 0 amide bonds. The van der Waals surface area contributed by atoms with Gasteiger partial charge in [-0.2, -0.15) is 0 Å². The molecule has 0 aromatic heterocycles. The Balaban J connectivity index is 1.42. The second-order valence-electron chi connectivity index (χ2n) is 12.0. The maximum atomic E-state index is 2.37. The van der Waals surface area contributed by atoms with Crippen LogP contribution in [0, 0.1) is 0 Å². The summed E-state index contributed by atoms with van der Waals surface area (Å²) in [6.07, 6.45) is 0. The third-order valence-corrected chi connectivity index (χ3v) is 9.75. The first-order valence-corrected chi connectivity index (χ1v) is 15.4. The lowest BCUT2D eigenvalue weighted by Crippen LogP contribution is -1.93. The van der Waals surface area contributed by atoms with Gasteiger partial charge in [0.25, 0.3) is 0 Å². The Labute approximate surface area is 254 Å². The van der Waals surface area contributed by atoms with Crippen molar-refractivity contribution in [2.75, 3.05) is 0 Å². The molecule has 0 aliphatic carbocycles. The van der Waals surface area contributed by atoms with Crippen LogP contribution < -0.4 is 0 Å². The molecule has 0 N–H and O–H groups in total. The molecule has 44 heavy (non-hydrogen) atoms. The molecule has 0 bridgehead atoms. The van der Waals surface area contributed by atoms with Gasteiger partial charge >= 0.3 is 0 Å². The summed E-state index contributed by atoms with van der Waals surface area (Å²) in [5.41, 5.74) is 5.16. The molecule has 0 heterocycles. The van der Waals surface area contributed by atoms with Crippen molar-refractivity contribution in [1.29, 1.82) is 0 Å². The summed E-state index contributed by atoms with van der Waals surface area (Å²) in [6.45, 7) is 0. The van der Waals surface area contributed by atoms with E-state index in [1.807, 2.05) is 0 Å². The van der Waals surface area contributed by atoms with E-state index in [1.54, 1.807) is 0 Å². The highest BCUT2D eigenvalue weighted by molar-refractivity contribution is 6.32. The fraction of sp³-hybridized carbons (Fsp3) is 0. The van der Waals surface area contributed by atoms with Gasteiger partial charge < -0.3 is 0 Å². The maximum absolute atomic E-state index is 2.37. The van der Waals surface area contributed by atoms with Crippen LogP contribution in [0.15, 0.2) is 158 Å². The van der Waals surface area contributed by atoms with E-state index < -0.39 is 0 Å². The summed E-state index contributed by atoms with van der Waals surface area (Å²) < 4.78 is 0. The van der Waals surface area contributed by atoms with E-state index in [9.17, 15) is 0 Å². The Bertz CT molecular complexity index is 2750. The normalized spacial score (nSPS) is 12.1. The zero-order chi connectivity index (χ0) is 28.8. The smallest absolute Gasteiger partial charge is 0.00141 e. The topological polar surface area (TPSA) is 0 Å². The molecule has 0 unspecified atom stereocenters. The molecule has 0 atom stereocenters. The van der Waals surface area contributed by atoms with Crippen LogP contribution in [0.3, 0.4) is 0 Å². The minimum absolute atomic E-state index is 1.25. The van der Waals surface area contributed by atoms with Crippen molar-refractivity contribution < 1.29 is 0 Å². The molecule has 10 aromatic carbocycles. The second kappa shape index (κ2) is 8.89. The monoisotopic (exact) mass is 554 g/mol. The number of hydrogen-bond acceptors (Lipinski definition) is 0. The predicted octanol–water partition coefficient (Wildman–Crippen LogP) is 12.5. The van der Waals surface area contributed by atoms with Crippen LogP contribution in [-0.2, 0) is 0 Å². The van der Waals surface area contributed by atoms with E-state index >= 15 is 0 Å². The molecule has 0 aliphatic rings. The standard InChI is InChI=1S/C44H26/c1-2-10-32-26-33(19-16-27(32)8-1)42-35-14-5-6-15-36(35)43(39-25-20-28-9-3-4-13-34(28)44(39)42)38-24-22-31-18-17-29-11-7-12-30-21-23-37(38)41(31)40(29)30/h1-26H. The van der Waals surface area contributed by atoms with E-state index in [-0.39, 0.29) is 0 Å². The van der Waals surface area contributed by atoms with Crippen LogP contribution in [0.4, 0.5) is 0 Å². The van der Waals surface area contributed by atoms with Gasteiger partial charge in [-0.15, -0.1) is 0 Å². The molecule has 10 aromatic rings. The van der Waals surface area contributed by atoms with E-state index in [0.717, 1.165) is 0 Å². The van der Waals surface area contributed by atoms with Crippen molar-refractivity contribution in [3.8, 4) is 22.3 Å². The van der Waals surface area contributed by atoms with Crippen LogP contribution in [-0.4, -0.2) is 0 Å². The molecule has 0 spiro atoms. The van der Waals surface area contributed by atoms with E-state index in [1.165, 1.54) is 97.7 Å². The van der Waals surface area contributed by atoms with Gasteiger partial charge in [0.15, 0.2) is 0 Å². The van der Waals surface area contributed by atoms with Crippen molar-refractivity contribution in [2.24, 2.45) is 0 Å². The first-order chi connectivity index (χ1) is 21.8. The molecule has 10 rings (SSSR count). The number of rotatable bonds is 2.